The molecule has 4 N–H and O–H groups in total. The number of aliphatic hydroxyl groups is 1. The molecule has 0 radical (unpaired) electrons. The summed E-state index contributed by atoms with van der Waals surface area (Å²) in [5.41, 5.74) is 1.47. The summed E-state index contributed by atoms with van der Waals surface area (Å²) < 4.78 is 44.0. The molecule has 4 atom stereocenters. The highest BCUT2D eigenvalue weighted by Gasteiger charge is 2.44. The molecule has 3 aromatic rings. The molecule has 0 bridgehead atoms. The highest BCUT2D eigenvalue weighted by atomic mass is 79.9. The van der Waals surface area contributed by atoms with Crippen molar-refractivity contribution in [3.05, 3.63) is 75.4 Å². The van der Waals surface area contributed by atoms with Crippen LogP contribution in [-0.4, -0.2) is 58.8 Å². The number of nitrogens with one attached hydrogen (secondary N) is 1. The summed E-state index contributed by atoms with van der Waals surface area (Å²) in [7, 11) is -4.23. The van der Waals surface area contributed by atoms with Gasteiger partial charge in [-0.1, -0.05) is 17.7 Å². The number of benzene rings is 1. The molecule has 1 saturated carbocycles. The first kappa shape index (κ1) is 26.6. The number of nitrogens with zero attached hydrogens (tertiary/aromatic N) is 3. The minimum atomic E-state index is -4.23. The molecule has 0 amide bonds. The minimum absolute atomic E-state index is 0.0303. The van der Waals surface area contributed by atoms with Gasteiger partial charge in [0.2, 0.25) is 0 Å². The number of halogens is 3. The maximum atomic E-state index is 14.8. The quantitative estimate of drug-likeness (QED) is 0.317. The fourth-order valence-electron chi connectivity index (χ4n) is 4.05. The molecule has 36 heavy (non-hydrogen) atoms. The number of ketones is 1. The van der Waals surface area contributed by atoms with Gasteiger partial charge >= 0.3 is 10.3 Å². The van der Waals surface area contributed by atoms with Crippen LogP contribution in [0.4, 0.5) is 10.2 Å². The van der Waals surface area contributed by atoms with E-state index in [0.29, 0.717) is 17.1 Å². The molecular formula is C22H22BrClFN5O5S. The number of nitrogens with two attached hydrogens (primary N) is 1. The van der Waals surface area contributed by atoms with Crippen molar-refractivity contribution in [2.75, 3.05) is 11.9 Å². The number of hydrogen-bond donors (Lipinski definition) is 3. The average molecular weight is 603 g/mol. The molecule has 1 aromatic carbocycles. The molecule has 0 spiro atoms. The molecule has 1 fully saturated rings. The Morgan fingerprint density at radius 3 is 2.89 bits per heavy atom. The Kier molecular flexibility index (Phi) is 8.07. The van der Waals surface area contributed by atoms with Crippen molar-refractivity contribution in [3.63, 3.8) is 0 Å². The predicted octanol–water partition coefficient (Wildman–Crippen LogP) is 2.69. The number of aromatic nitrogens is 3. The summed E-state index contributed by atoms with van der Waals surface area (Å²) in [5, 5.41) is 18.4. The van der Waals surface area contributed by atoms with Crippen molar-refractivity contribution in [2.45, 2.75) is 31.3 Å². The molecule has 1 aliphatic carbocycles. The summed E-state index contributed by atoms with van der Waals surface area (Å²) in [5.74, 6) is -1.10. The van der Waals surface area contributed by atoms with Crippen LogP contribution in [0, 0.1) is 5.92 Å². The third-order valence-corrected chi connectivity index (χ3v) is 7.52. The summed E-state index contributed by atoms with van der Waals surface area (Å²) >= 11 is 9.44. The molecule has 0 unspecified atom stereocenters. The van der Waals surface area contributed by atoms with Crippen molar-refractivity contribution < 1.29 is 26.9 Å². The summed E-state index contributed by atoms with van der Waals surface area (Å²) in [6, 6.07) is 6.26. The van der Waals surface area contributed by atoms with Crippen molar-refractivity contribution in [1.82, 2.24) is 14.5 Å². The van der Waals surface area contributed by atoms with Gasteiger partial charge in [-0.2, -0.15) is 8.42 Å². The van der Waals surface area contributed by atoms with Gasteiger partial charge in [0, 0.05) is 41.1 Å². The molecule has 2 heterocycles. The SMILES string of the molecule is NS(=O)(=O)OC[C@H]1C[C@@H](Nc2ncncc2C(=O)c2ccn(Cc3ccc(Cl)c(Br)c3)c2)[C@@H](F)[C@@H]1O. The van der Waals surface area contributed by atoms with Crippen LogP contribution in [-0.2, 0) is 21.0 Å². The molecule has 192 valence electrons. The highest BCUT2D eigenvalue weighted by Crippen LogP contribution is 2.32. The lowest BCUT2D eigenvalue weighted by molar-refractivity contribution is 0.0501. The fraction of sp³-hybridized carbons (Fsp3) is 0.318. The van der Waals surface area contributed by atoms with E-state index in [1.807, 2.05) is 16.7 Å². The van der Waals surface area contributed by atoms with Crippen LogP contribution in [0.5, 0.6) is 0 Å². The molecule has 1 aliphatic rings. The topological polar surface area (TPSA) is 149 Å². The lowest BCUT2D eigenvalue weighted by Crippen LogP contribution is -2.33. The number of hydrogen-bond acceptors (Lipinski definition) is 8. The van der Waals surface area contributed by atoms with Gasteiger partial charge in [0.05, 0.1) is 29.3 Å². The molecular weight excluding hydrogens is 581 g/mol. The Bertz CT molecular complexity index is 1370. The summed E-state index contributed by atoms with van der Waals surface area (Å²) in [6.07, 6.45) is 2.77. The van der Waals surface area contributed by atoms with Crippen molar-refractivity contribution in [3.8, 4) is 0 Å². The second kappa shape index (κ2) is 10.9. The van der Waals surface area contributed by atoms with Crippen molar-refractivity contribution in [1.29, 1.82) is 0 Å². The second-order valence-corrected chi connectivity index (χ2v) is 10.9. The minimum Gasteiger partial charge on any atom is -0.390 e. The lowest BCUT2D eigenvalue weighted by atomic mass is 10.1. The van der Waals surface area contributed by atoms with E-state index in [1.54, 1.807) is 24.5 Å². The van der Waals surface area contributed by atoms with Gasteiger partial charge in [-0.15, -0.1) is 0 Å². The number of anilines is 1. The number of rotatable bonds is 9. The molecule has 0 aliphatic heterocycles. The third-order valence-electron chi connectivity index (χ3n) is 5.84. The average Bonchev–Trinajstić information content (AvgIpc) is 3.40. The Morgan fingerprint density at radius 2 is 2.17 bits per heavy atom. The molecule has 4 rings (SSSR count). The summed E-state index contributed by atoms with van der Waals surface area (Å²) in [4.78, 5) is 21.2. The first-order valence-corrected chi connectivity index (χ1v) is 13.4. The zero-order valence-corrected chi connectivity index (χ0v) is 21.7. The number of alkyl halides is 1. The second-order valence-electron chi connectivity index (χ2n) is 8.39. The number of carbonyl (C=O) groups excluding carboxylic acids is 1. The molecule has 2 aromatic heterocycles. The van der Waals surface area contributed by atoms with Gasteiger partial charge in [0.25, 0.3) is 0 Å². The van der Waals surface area contributed by atoms with Crippen molar-refractivity contribution in [2.24, 2.45) is 11.1 Å². The number of aliphatic hydroxyl groups excluding tert-OH is 1. The standard InChI is InChI=1S/C22H22BrClFN5O5S/c23-16-5-12(1-2-17(16)24)8-30-4-3-13(9-30)20(31)15-7-27-11-28-22(15)29-18-6-14(21(32)19(18)25)10-35-36(26,33)34/h1-5,7,9,11,14,18-19,21,32H,6,8,10H2,(H2,26,33,34)(H,27,28,29)/t14-,18-,19-,21-/m1/s1. The fourth-order valence-corrected chi connectivity index (χ4v) is 4.95. The van der Waals surface area contributed by atoms with E-state index in [1.165, 1.54) is 12.5 Å². The van der Waals surface area contributed by atoms with Gasteiger partial charge in [0.15, 0.2) is 5.78 Å². The van der Waals surface area contributed by atoms with E-state index in [4.69, 9.17) is 16.7 Å². The molecule has 0 saturated heterocycles. The lowest BCUT2D eigenvalue weighted by Gasteiger charge is -2.18. The highest BCUT2D eigenvalue weighted by molar-refractivity contribution is 9.10. The Morgan fingerprint density at radius 1 is 1.39 bits per heavy atom. The third kappa shape index (κ3) is 6.28. The zero-order valence-electron chi connectivity index (χ0n) is 18.6. The van der Waals surface area contributed by atoms with E-state index in [2.05, 4.69) is 35.4 Å². The zero-order chi connectivity index (χ0) is 26.0. The van der Waals surface area contributed by atoms with Crippen LogP contribution in [0.15, 0.2) is 53.7 Å². The van der Waals surface area contributed by atoms with Gasteiger partial charge in [-0.3, -0.25) is 8.98 Å². The van der Waals surface area contributed by atoms with Crippen LogP contribution >= 0.6 is 27.5 Å². The van der Waals surface area contributed by atoms with E-state index in [-0.39, 0.29) is 23.6 Å². The van der Waals surface area contributed by atoms with Gasteiger partial charge in [-0.25, -0.2) is 19.5 Å². The van der Waals surface area contributed by atoms with Crippen molar-refractivity contribution >= 4 is 49.4 Å². The van der Waals surface area contributed by atoms with Crippen LogP contribution < -0.4 is 10.5 Å². The first-order valence-electron chi connectivity index (χ1n) is 10.7. The Labute approximate surface area is 220 Å². The maximum Gasteiger partial charge on any atom is 0.333 e. The monoisotopic (exact) mass is 601 g/mol. The van der Waals surface area contributed by atoms with Crippen LogP contribution in [0.2, 0.25) is 5.02 Å². The maximum absolute atomic E-state index is 14.8. The van der Waals surface area contributed by atoms with Crippen LogP contribution in [0.1, 0.15) is 27.9 Å². The smallest absolute Gasteiger partial charge is 0.333 e. The Hall–Kier alpha value is -2.42. The molecule has 14 heteroatoms. The normalized spacial score (nSPS) is 22.0. The summed E-state index contributed by atoms with van der Waals surface area (Å²) in [6.45, 7) is 0.0385. The Balaban J connectivity index is 1.47. The van der Waals surface area contributed by atoms with E-state index in [0.717, 1.165) is 10.0 Å². The van der Waals surface area contributed by atoms with E-state index in [9.17, 15) is 22.7 Å². The van der Waals surface area contributed by atoms with Gasteiger partial charge in [-0.05, 0) is 46.1 Å². The molecule has 10 nitrogen and oxygen atoms in total. The van der Waals surface area contributed by atoms with Gasteiger partial charge in [0.1, 0.15) is 18.3 Å². The van der Waals surface area contributed by atoms with E-state index < -0.39 is 41.1 Å². The van der Waals surface area contributed by atoms with Gasteiger partial charge < -0.3 is 15.0 Å². The van der Waals surface area contributed by atoms with Crippen LogP contribution in [0.3, 0.4) is 0 Å². The first-order chi connectivity index (χ1) is 17.0. The predicted molar refractivity (Wildman–Crippen MR) is 134 cm³/mol. The van der Waals surface area contributed by atoms with Crippen LogP contribution in [0.25, 0.3) is 0 Å². The van der Waals surface area contributed by atoms with E-state index >= 15 is 0 Å². The largest absolute Gasteiger partial charge is 0.390 e. The number of carbonyl (C=O) groups is 1.